The van der Waals surface area contributed by atoms with Crippen LogP contribution in [0, 0.1) is 5.92 Å². The molecule has 166 valence electrons. The van der Waals surface area contributed by atoms with Crippen molar-refractivity contribution < 1.29 is 14.6 Å². The summed E-state index contributed by atoms with van der Waals surface area (Å²) in [5.74, 6) is 0.627. The zero-order chi connectivity index (χ0) is 22.3. The Balaban J connectivity index is 1.34. The predicted octanol–water partition coefficient (Wildman–Crippen LogP) is 2.91. The third-order valence-electron chi connectivity index (χ3n) is 5.82. The fourth-order valence-electron chi connectivity index (χ4n) is 3.99. The monoisotopic (exact) mass is 433 g/mol. The van der Waals surface area contributed by atoms with E-state index in [-0.39, 0.29) is 36.2 Å². The molecule has 0 aliphatic carbocycles. The maximum absolute atomic E-state index is 13.0. The summed E-state index contributed by atoms with van der Waals surface area (Å²) >= 11 is 0. The number of hydrogen-bond donors (Lipinski definition) is 1. The van der Waals surface area contributed by atoms with Gasteiger partial charge in [-0.2, -0.15) is 5.10 Å². The van der Waals surface area contributed by atoms with Crippen LogP contribution in [0.1, 0.15) is 35.0 Å². The van der Waals surface area contributed by atoms with E-state index in [4.69, 9.17) is 4.74 Å². The van der Waals surface area contributed by atoms with Crippen LogP contribution < -0.4 is 10.3 Å². The number of nitrogens with zero attached hydrogens (tertiary/aromatic N) is 3. The largest absolute Gasteiger partial charge is 0.492 e. The molecule has 0 radical (unpaired) electrons. The van der Waals surface area contributed by atoms with Crippen LogP contribution in [-0.4, -0.2) is 45.4 Å². The Kier molecular flexibility index (Phi) is 6.97. The standard InChI is InChI=1S/C25H27N3O4/c29-23-12-11-22(26-28(23)17-18-32-21-9-5-2-6-10-21)25(31)27-15-13-20(14-16-27)24(30)19-7-3-1-4-8-19/h1-12,20,24,30H,13-18H2/t24-/m1/s1. The molecular weight excluding hydrogens is 406 g/mol. The highest BCUT2D eigenvalue weighted by molar-refractivity contribution is 5.92. The summed E-state index contributed by atoms with van der Waals surface area (Å²) in [5.41, 5.74) is 0.873. The Morgan fingerprint density at radius 2 is 1.66 bits per heavy atom. The lowest BCUT2D eigenvalue weighted by Gasteiger charge is -2.34. The zero-order valence-corrected chi connectivity index (χ0v) is 17.8. The Morgan fingerprint density at radius 3 is 2.34 bits per heavy atom. The van der Waals surface area contributed by atoms with Crippen LogP contribution in [-0.2, 0) is 6.54 Å². The minimum atomic E-state index is -0.530. The Labute approximate surface area is 186 Å². The lowest BCUT2D eigenvalue weighted by Crippen LogP contribution is -2.41. The van der Waals surface area contributed by atoms with Gasteiger partial charge in [0.05, 0.1) is 12.6 Å². The number of aliphatic hydroxyl groups is 1. The van der Waals surface area contributed by atoms with Gasteiger partial charge >= 0.3 is 0 Å². The lowest BCUT2D eigenvalue weighted by molar-refractivity contribution is 0.0456. The molecule has 4 rings (SSSR count). The number of amides is 1. The average Bonchev–Trinajstić information content (AvgIpc) is 2.85. The summed E-state index contributed by atoms with van der Waals surface area (Å²) in [6.45, 7) is 1.62. The second-order valence-corrected chi connectivity index (χ2v) is 7.93. The third-order valence-corrected chi connectivity index (χ3v) is 5.82. The van der Waals surface area contributed by atoms with E-state index in [2.05, 4.69) is 5.10 Å². The molecule has 2 heterocycles. The van der Waals surface area contributed by atoms with Crippen LogP contribution >= 0.6 is 0 Å². The number of ether oxygens (including phenoxy) is 1. The van der Waals surface area contributed by atoms with Crippen molar-refractivity contribution in [2.45, 2.75) is 25.5 Å². The molecule has 1 saturated heterocycles. The first-order valence-electron chi connectivity index (χ1n) is 10.9. The number of hydrogen-bond acceptors (Lipinski definition) is 5. The topological polar surface area (TPSA) is 84.7 Å². The molecule has 32 heavy (non-hydrogen) atoms. The van der Waals surface area contributed by atoms with Gasteiger partial charge in [0.25, 0.3) is 11.5 Å². The molecule has 3 aromatic rings. The number of carbonyl (C=O) groups is 1. The number of carbonyl (C=O) groups excluding carboxylic acids is 1. The predicted molar refractivity (Wildman–Crippen MR) is 120 cm³/mol. The number of likely N-dealkylation sites (tertiary alicyclic amines) is 1. The first kappa shape index (κ1) is 21.8. The van der Waals surface area contributed by atoms with Crippen molar-refractivity contribution in [3.63, 3.8) is 0 Å². The molecule has 0 bridgehead atoms. The molecule has 1 aliphatic heterocycles. The highest BCUT2D eigenvalue weighted by Gasteiger charge is 2.29. The van der Waals surface area contributed by atoms with Gasteiger partial charge in [-0.25, -0.2) is 4.68 Å². The second-order valence-electron chi connectivity index (χ2n) is 7.93. The van der Waals surface area contributed by atoms with E-state index in [1.807, 2.05) is 60.7 Å². The molecule has 1 N–H and O–H groups in total. The second kappa shape index (κ2) is 10.2. The molecule has 1 aliphatic rings. The molecule has 1 aromatic heterocycles. The fraction of sp³-hybridized carbons (Fsp3) is 0.320. The summed E-state index contributed by atoms with van der Waals surface area (Å²) in [5, 5.41) is 14.9. The maximum atomic E-state index is 13.0. The number of aromatic nitrogens is 2. The van der Waals surface area contributed by atoms with E-state index < -0.39 is 6.10 Å². The normalized spacial score (nSPS) is 15.3. The van der Waals surface area contributed by atoms with Crippen molar-refractivity contribution >= 4 is 5.91 Å². The highest BCUT2D eigenvalue weighted by atomic mass is 16.5. The van der Waals surface area contributed by atoms with E-state index in [1.54, 1.807) is 4.90 Å². The SMILES string of the molecule is O=C(c1ccc(=O)n(CCOc2ccccc2)n1)N1CCC([C@H](O)c2ccccc2)CC1. The Bertz CT molecular complexity index is 1080. The summed E-state index contributed by atoms with van der Waals surface area (Å²) in [6.07, 6.45) is 0.900. The lowest BCUT2D eigenvalue weighted by atomic mass is 9.87. The minimum absolute atomic E-state index is 0.110. The first-order valence-corrected chi connectivity index (χ1v) is 10.9. The molecule has 0 unspecified atom stereocenters. The van der Waals surface area contributed by atoms with E-state index in [0.29, 0.717) is 31.7 Å². The summed E-state index contributed by atoms with van der Waals surface area (Å²) in [7, 11) is 0. The Hall–Kier alpha value is -3.45. The molecule has 2 aromatic carbocycles. The first-order chi connectivity index (χ1) is 15.6. The van der Waals surface area contributed by atoms with Crippen LogP contribution in [0.15, 0.2) is 77.6 Å². The van der Waals surface area contributed by atoms with E-state index >= 15 is 0 Å². The van der Waals surface area contributed by atoms with Gasteiger partial charge in [0, 0.05) is 19.2 Å². The van der Waals surface area contributed by atoms with Crippen LogP contribution in [0.5, 0.6) is 5.75 Å². The van der Waals surface area contributed by atoms with Gasteiger partial charge < -0.3 is 14.7 Å². The van der Waals surface area contributed by atoms with Gasteiger partial charge in [0.15, 0.2) is 0 Å². The molecule has 1 amide bonds. The van der Waals surface area contributed by atoms with Gasteiger partial charge in [-0.05, 0) is 42.5 Å². The number of rotatable bonds is 7. The summed E-state index contributed by atoms with van der Waals surface area (Å²) < 4.78 is 6.90. The van der Waals surface area contributed by atoms with Crippen molar-refractivity contribution in [2.75, 3.05) is 19.7 Å². The smallest absolute Gasteiger partial charge is 0.274 e. The average molecular weight is 434 g/mol. The number of benzene rings is 2. The van der Waals surface area contributed by atoms with Crippen molar-refractivity contribution in [1.29, 1.82) is 0 Å². The summed E-state index contributed by atoms with van der Waals surface area (Å²) in [4.78, 5) is 26.9. The number of para-hydroxylation sites is 1. The van der Waals surface area contributed by atoms with E-state index in [0.717, 1.165) is 5.56 Å². The zero-order valence-electron chi connectivity index (χ0n) is 17.8. The van der Waals surface area contributed by atoms with Gasteiger partial charge in [0.2, 0.25) is 0 Å². The van der Waals surface area contributed by atoms with E-state index in [1.165, 1.54) is 16.8 Å². The van der Waals surface area contributed by atoms with Crippen molar-refractivity contribution in [2.24, 2.45) is 5.92 Å². The maximum Gasteiger partial charge on any atom is 0.274 e. The molecule has 1 fully saturated rings. The third kappa shape index (κ3) is 5.23. The van der Waals surface area contributed by atoms with Crippen molar-refractivity contribution in [3.05, 3.63) is 94.4 Å². The Morgan fingerprint density at radius 1 is 1.00 bits per heavy atom. The van der Waals surface area contributed by atoms with Crippen LogP contribution in [0.4, 0.5) is 0 Å². The van der Waals surface area contributed by atoms with Gasteiger partial charge in [-0.15, -0.1) is 0 Å². The van der Waals surface area contributed by atoms with Crippen molar-refractivity contribution in [3.8, 4) is 5.75 Å². The highest BCUT2D eigenvalue weighted by Crippen LogP contribution is 2.30. The van der Waals surface area contributed by atoms with Gasteiger partial charge in [-0.3, -0.25) is 9.59 Å². The van der Waals surface area contributed by atoms with Gasteiger partial charge in [-0.1, -0.05) is 48.5 Å². The number of aliphatic hydroxyl groups excluding tert-OH is 1. The quantitative estimate of drug-likeness (QED) is 0.619. The molecule has 0 spiro atoms. The van der Waals surface area contributed by atoms with Crippen LogP contribution in [0.3, 0.4) is 0 Å². The fourth-order valence-corrected chi connectivity index (χ4v) is 3.99. The van der Waals surface area contributed by atoms with Crippen molar-refractivity contribution in [1.82, 2.24) is 14.7 Å². The van der Waals surface area contributed by atoms with Gasteiger partial charge in [0.1, 0.15) is 18.1 Å². The molecule has 7 heteroatoms. The van der Waals surface area contributed by atoms with Crippen LogP contribution in [0.25, 0.3) is 0 Å². The van der Waals surface area contributed by atoms with Crippen LogP contribution in [0.2, 0.25) is 0 Å². The molecular formula is C25H27N3O4. The molecule has 7 nitrogen and oxygen atoms in total. The molecule has 1 atom stereocenters. The van der Waals surface area contributed by atoms with E-state index in [9.17, 15) is 14.7 Å². The minimum Gasteiger partial charge on any atom is -0.492 e. The summed E-state index contributed by atoms with van der Waals surface area (Å²) in [6, 6.07) is 21.8. The number of piperidine rings is 1. The molecule has 0 saturated carbocycles.